The number of nitrogen functional groups attached to an aromatic ring is 1. The SMILES string of the molecule is CC(C)CCNc1ncnc(NC2CC(C)(C)NC(C)(C)C2)c1N. The lowest BCUT2D eigenvalue weighted by Gasteiger charge is -2.46. The summed E-state index contributed by atoms with van der Waals surface area (Å²) in [5.74, 6) is 2.11. The Morgan fingerprint density at radius 2 is 1.75 bits per heavy atom. The predicted octanol–water partition coefficient (Wildman–Crippen LogP) is 3.24. The first-order valence-corrected chi connectivity index (χ1v) is 8.98. The molecule has 1 fully saturated rings. The molecule has 0 saturated carbocycles. The molecule has 0 spiro atoms. The first-order valence-electron chi connectivity index (χ1n) is 8.98. The summed E-state index contributed by atoms with van der Waals surface area (Å²) in [6, 6.07) is 0.331. The van der Waals surface area contributed by atoms with Gasteiger partial charge >= 0.3 is 0 Å². The van der Waals surface area contributed by atoms with Crippen LogP contribution in [0.4, 0.5) is 17.3 Å². The molecule has 0 atom stereocenters. The van der Waals surface area contributed by atoms with Gasteiger partial charge in [-0.1, -0.05) is 13.8 Å². The monoisotopic (exact) mass is 334 g/mol. The van der Waals surface area contributed by atoms with E-state index in [2.05, 4.69) is 67.5 Å². The van der Waals surface area contributed by atoms with Crippen LogP contribution in [0.15, 0.2) is 6.33 Å². The topological polar surface area (TPSA) is 87.9 Å². The number of nitrogens with zero attached hydrogens (tertiary/aromatic N) is 2. The smallest absolute Gasteiger partial charge is 0.155 e. The lowest BCUT2D eigenvalue weighted by molar-refractivity contribution is 0.170. The average Bonchev–Trinajstić information content (AvgIpc) is 2.39. The van der Waals surface area contributed by atoms with Crippen molar-refractivity contribution in [2.45, 2.75) is 77.9 Å². The van der Waals surface area contributed by atoms with E-state index in [9.17, 15) is 0 Å². The normalized spacial score (nSPS) is 20.1. The minimum atomic E-state index is 0.0829. The third-order valence-electron chi connectivity index (χ3n) is 4.43. The first kappa shape index (κ1) is 18.8. The fourth-order valence-electron chi connectivity index (χ4n) is 3.75. The van der Waals surface area contributed by atoms with Crippen molar-refractivity contribution in [3.8, 4) is 0 Å². The highest BCUT2D eigenvalue weighted by atomic mass is 15.1. The number of hydrogen-bond donors (Lipinski definition) is 4. The highest BCUT2D eigenvalue weighted by molar-refractivity contribution is 5.74. The van der Waals surface area contributed by atoms with Gasteiger partial charge in [-0.25, -0.2) is 9.97 Å². The molecular weight excluding hydrogens is 300 g/mol. The Morgan fingerprint density at radius 1 is 1.17 bits per heavy atom. The summed E-state index contributed by atoms with van der Waals surface area (Å²) in [6.45, 7) is 14.2. The molecule has 2 rings (SSSR count). The van der Waals surface area contributed by atoms with Crippen LogP contribution in [0.3, 0.4) is 0 Å². The van der Waals surface area contributed by atoms with Crippen molar-refractivity contribution in [2.24, 2.45) is 5.92 Å². The van der Waals surface area contributed by atoms with E-state index in [4.69, 9.17) is 5.73 Å². The van der Waals surface area contributed by atoms with Gasteiger partial charge in [-0.2, -0.15) is 0 Å². The molecule has 0 amide bonds. The van der Waals surface area contributed by atoms with Crippen molar-refractivity contribution in [3.63, 3.8) is 0 Å². The number of rotatable bonds is 6. The number of nitrogens with two attached hydrogens (primary N) is 1. The second kappa shape index (κ2) is 7.13. The maximum Gasteiger partial charge on any atom is 0.155 e. The van der Waals surface area contributed by atoms with Crippen molar-refractivity contribution >= 4 is 17.3 Å². The number of anilines is 3. The summed E-state index contributed by atoms with van der Waals surface area (Å²) in [5, 5.41) is 10.6. The van der Waals surface area contributed by atoms with Gasteiger partial charge in [-0.3, -0.25) is 0 Å². The number of hydrogen-bond acceptors (Lipinski definition) is 6. The Bertz CT molecular complexity index is 536. The number of piperidine rings is 1. The van der Waals surface area contributed by atoms with E-state index >= 15 is 0 Å². The van der Waals surface area contributed by atoms with Gasteiger partial charge in [0.2, 0.25) is 0 Å². The third-order valence-corrected chi connectivity index (χ3v) is 4.43. The first-order chi connectivity index (χ1) is 11.1. The molecule has 1 aliphatic rings. The molecule has 0 radical (unpaired) electrons. The lowest BCUT2D eigenvalue weighted by atomic mass is 9.79. The Balaban J connectivity index is 2.07. The number of nitrogens with one attached hydrogen (secondary N) is 3. The van der Waals surface area contributed by atoms with Crippen molar-refractivity contribution in [1.29, 1.82) is 0 Å². The van der Waals surface area contributed by atoms with Crippen LogP contribution in [-0.2, 0) is 0 Å². The second-order valence-corrected chi connectivity index (χ2v) is 8.74. The molecule has 1 saturated heterocycles. The van der Waals surface area contributed by atoms with Crippen LogP contribution in [0.25, 0.3) is 0 Å². The van der Waals surface area contributed by atoms with E-state index in [1.54, 1.807) is 6.33 Å². The van der Waals surface area contributed by atoms with E-state index < -0.39 is 0 Å². The van der Waals surface area contributed by atoms with Gasteiger partial charge < -0.3 is 21.7 Å². The maximum absolute atomic E-state index is 6.29. The number of aromatic nitrogens is 2. The molecule has 0 aliphatic carbocycles. The Labute approximate surface area is 146 Å². The van der Waals surface area contributed by atoms with E-state index in [0.717, 1.165) is 37.4 Å². The van der Waals surface area contributed by atoms with E-state index in [1.165, 1.54) is 0 Å². The van der Waals surface area contributed by atoms with Gasteiger partial charge in [0, 0.05) is 23.7 Å². The van der Waals surface area contributed by atoms with Gasteiger partial charge in [-0.05, 0) is 52.9 Å². The van der Waals surface area contributed by atoms with Crippen molar-refractivity contribution in [3.05, 3.63) is 6.33 Å². The Kier molecular flexibility index (Phi) is 5.58. The fraction of sp³-hybridized carbons (Fsp3) is 0.778. The average molecular weight is 335 g/mol. The molecular formula is C18H34N6. The molecule has 6 heteroatoms. The molecule has 2 heterocycles. The second-order valence-electron chi connectivity index (χ2n) is 8.74. The van der Waals surface area contributed by atoms with Crippen LogP contribution in [0, 0.1) is 5.92 Å². The van der Waals surface area contributed by atoms with E-state index in [1.807, 2.05) is 0 Å². The summed E-state index contributed by atoms with van der Waals surface area (Å²) in [7, 11) is 0. The van der Waals surface area contributed by atoms with Crippen molar-refractivity contribution < 1.29 is 0 Å². The summed E-state index contributed by atoms with van der Waals surface area (Å²) in [6.07, 6.45) is 4.71. The summed E-state index contributed by atoms with van der Waals surface area (Å²) in [4.78, 5) is 8.65. The molecule has 0 unspecified atom stereocenters. The van der Waals surface area contributed by atoms with Gasteiger partial charge in [0.15, 0.2) is 11.6 Å². The summed E-state index contributed by atoms with van der Waals surface area (Å²) >= 11 is 0. The summed E-state index contributed by atoms with van der Waals surface area (Å²) in [5.41, 5.74) is 7.06. The van der Waals surface area contributed by atoms with Gasteiger partial charge in [-0.15, -0.1) is 0 Å². The molecule has 1 aromatic heterocycles. The largest absolute Gasteiger partial charge is 0.393 e. The highest BCUT2D eigenvalue weighted by Crippen LogP contribution is 2.32. The Morgan fingerprint density at radius 3 is 2.33 bits per heavy atom. The van der Waals surface area contributed by atoms with E-state index in [0.29, 0.717) is 17.6 Å². The summed E-state index contributed by atoms with van der Waals surface area (Å²) < 4.78 is 0. The predicted molar refractivity (Wildman–Crippen MR) is 102 cm³/mol. The molecule has 5 N–H and O–H groups in total. The third kappa shape index (κ3) is 5.23. The molecule has 1 aromatic rings. The zero-order valence-corrected chi connectivity index (χ0v) is 16.0. The van der Waals surface area contributed by atoms with Crippen LogP contribution < -0.4 is 21.7 Å². The van der Waals surface area contributed by atoms with Gasteiger partial charge in [0.1, 0.15) is 12.0 Å². The molecule has 0 aromatic carbocycles. The minimum absolute atomic E-state index is 0.0829. The molecule has 24 heavy (non-hydrogen) atoms. The molecule has 6 nitrogen and oxygen atoms in total. The van der Waals surface area contributed by atoms with Gasteiger partial charge in [0.05, 0.1) is 0 Å². The van der Waals surface area contributed by atoms with Crippen LogP contribution in [0.1, 0.15) is 60.8 Å². The highest BCUT2D eigenvalue weighted by Gasteiger charge is 2.37. The lowest BCUT2D eigenvalue weighted by Crippen LogP contribution is -2.60. The minimum Gasteiger partial charge on any atom is -0.393 e. The van der Waals surface area contributed by atoms with Crippen LogP contribution in [0.5, 0.6) is 0 Å². The van der Waals surface area contributed by atoms with Crippen LogP contribution >= 0.6 is 0 Å². The molecule has 136 valence electrons. The zero-order valence-electron chi connectivity index (χ0n) is 16.0. The van der Waals surface area contributed by atoms with Crippen LogP contribution in [0.2, 0.25) is 0 Å². The van der Waals surface area contributed by atoms with Crippen molar-refractivity contribution in [1.82, 2.24) is 15.3 Å². The maximum atomic E-state index is 6.29. The van der Waals surface area contributed by atoms with E-state index in [-0.39, 0.29) is 11.1 Å². The zero-order chi connectivity index (χ0) is 18.0. The van der Waals surface area contributed by atoms with Gasteiger partial charge in [0.25, 0.3) is 0 Å². The molecule has 1 aliphatic heterocycles. The fourth-order valence-corrected chi connectivity index (χ4v) is 3.75. The quantitative estimate of drug-likeness (QED) is 0.639. The standard InChI is InChI=1S/C18H34N6/c1-12(2)7-8-20-15-14(19)16(22-11-21-15)23-13-9-17(3,4)24-18(5,6)10-13/h11-13,24H,7-10,19H2,1-6H3,(H2,20,21,22,23). The van der Waals surface area contributed by atoms with Crippen LogP contribution in [-0.4, -0.2) is 33.6 Å². The Hall–Kier alpha value is -1.56. The van der Waals surface area contributed by atoms with Crippen molar-refractivity contribution in [2.75, 3.05) is 22.9 Å². The molecule has 0 bridgehead atoms.